The van der Waals surface area contributed by atoms with Crippen LogP contribution in [0.5, 0.6) is 0 Å². The number of nitrogens with one attached hydrogen (secondary N) is 1. The van der Waals surface area contributed by atoms with Crippen LogP contribution in [0.4, 0.5) is 5.69 Å². The predicted molar refractivity (Wildman–Crippen MR) is 79.0 cm³/mol. The molecule has 0 saturated heterocycles. The first-order valence-electron chi connectivity index (χ1n) is 6.63. The number of amidine groups is 1. The van der Waals surface area contributed by atoms with Gasteiger partial charge in [0.2, 0.25) is 5.91 Å². The fourth-order valence-corrected chi connectivity index (χ4v) is 2.76. The van der Waals surface area contributed by atoms with Gasteiger partial charge in [-0.1, -0.05) is 36.0 Å². The number of benzene rings is 1. The first-order chi connectivity index (χ1) is 9.58. The minimum atomic E-state index is -0.910. The Morgan fingerprint density at radius 3 is 2.40 bits per heavy atom. The SMILES string of the molecule is NC(=NO)C1(C(=O)Nc2ccc(Cl)cc2)CCCCC1. The zero-order chi connectivity index (χ0) is 14.6. The van der Waals surface area contributed by atoms with Crippen molar-refractivity contribution in [2.75, 3.05) is 5.32 Å². The van der Waals surface area contributed by atoms with E-state index in [9.17, 15) is 4.79 Å². The third kappa shape index (κ3) is 2.88. The number of hydrogen-bond acceptors (Lipinski definition) is 3. The maximum Gasteiger partial charge on any atom is 0.238 e. The molecule has 1 aliphatic carbocycles. The van der Waals surface area contributed by atoms with Crippen LogP contribution in [0, 0.1) is 5.41 Å². The highest BCUT2D eigenvalue weighted by atomic mass is 35.5. The molecule has 1 aliphatic rings. The van der Waals surface area contributed by atoms with Crippen LogP contribution in [0.3, 0.4) is 0 Å². The van der Waals surface area contributed by atoms with E-state index in [0.29, 0.717) is 23.6 Å². The normalized spacial score (nSPS) is 18.6. The van der Waals surface area contributed by atoms with Crippen LogP contribution in [-0.4, -0.2) is 17.0 Å². The molecule has 0 aromatic heterocycles. The Kier molecular flexibility index (Phi) is 4.49. The molecule has 2 rings (SSSR count). The van der Waals surface area contributed by atoms with E-state index < -0.39 is 5.41 Å². The summed E-state index contributed by atoms with van der Waals surface area (Å²) in [7, 11) is 0. The van der Waals surface area contributed by atoms with Gasteiger partial charge in [-0.25, -0.2) is 0 Å². The van der Waals surface area contributed by atoms with Gasteiger partial charge in [0.25, 0.3) is 0 Å². The van der Waals surface area contributed by atoms with Gasteiger partial charge in [0.15, 0.2) is 5.84 Å². The standard InChI is InChI=1S/C14H18ClN3O2/c15-10-4-6-11(7-5-10)17-13(19)14(12(16)18-20)8-2-1-3-9-14/h4-7,20H,1-3,8-9H2,(H2,16,18)(H,17,19). The van der Waals surface area contributed by atoms with Crippen LogP contribution in [0.2, 0.25) is 5.02 Å². The van der Waals surface area contributed by atoms with E-state index >= 15 is 0 Å². The summed E-state index contributed by atoms with van der Waals surface area (Å²) in [5, 5.41) is 15.5. The van der Waals surface area contributed by atoms with E-state index in [2.05, 4.69) is 10.5 Å². The van der Waals surface area contributed by atoms with E-state index in [1.807, 2.05) is 0 Å². The summed E-state index contributed by atoms with van der Waals surface area (Å²) in [5.41, 5.74) is 5.52. The maximum atomic E-state index is 12.6. The molecule has 1 aromatic rings. The van der Waals surface area contributed by atoms with E-state index in [0.717, 1.165) is 19.3 Å². The Bertz CT molecular complexity index is 508. The summed E-state index contributed by atoms with van der Waals surface area (Å²) in [6.07, 6.45) is 4.05. The Balaban J connectivity index is 2.21. The van der Waals surface area contributed by atoms with Crippen molar-refractivity contribution in [1.82, 2.24) is 0 Å². The van der Waals surface area contributed by atoms with Crippen LogP contribution >= 0.6 is 11.6 Å². The smallest absolute Gasteiger partial charge is 0.238 e. The number of carbonyl (C=O) groups excluding carboxylic acids is 1. The van der Waals surface area contributed by atoms with Crippen LogP contribution in [0.25, 0.3) is 0 Å². The van der Waals surface area contributed by atoms with Gasteiger partial charge in [-0.05, 0) is 37.1 Å². The highest BCUT2D eigenvalue weighted by Crippen LogP contribution is 2.37. The van der Waals surface area contributed by atoms with Crippen LogP contribution in [0.1, 0.15) is 32.1 Å². The lowest BCUT2D eigenvalue weighted by atomic mass is 9.72. The second kappa shape index (κ2) is 6.13. The Morgan fingerprint density at radius 1 is 1.25 bits per heavy atom. The minimum Gasteiger partial charge on any atom is -0.409 e. The molecule has 1 aromatic carbocycles. The summed E-state index contributed by atoms with van der Waals surface area (Å²) in [6.45, 7) is 0. The number of nitrogens with two attached hydrogens (primary N) is 1. The van der Waals surface area contributed by atoms with E-state index in [1.165, 1.54) is 0 Å². The highest BCUT2D eigenvalue weighted by molar-refractivity contribution is 6.30. The van der Waals surface area contributed by atoms with Gasteiger partial charge in [0.05, 0.1) is 0 Å². The molecule has 4 N–H and O–H groups in total. The lowest BCUT2D eigenvalue weighted by Gasteiger charge is -2.34. The first-order valence-corrected chi connectivity index (χ1v) is 7.01. The van der Waals surface area contributed by atoms with Crippen molar-refractivity contribution in [2.45, 2.75) is 32.1 Å². The van der Waals surface area contributed by atoms with Gasteiger partial charge >= 0.3 is 0 Å². The third-order valence-corrected chi connectivity index (χ3v) is 4.09. The molecule has 1 fully saturated rings. The van der Waals surface area contributed by atoms with E-state index in [1.54, 1.807) is 24.3 Å². The molecule has 108 valence electrons. The lowest BCUT2D eigenvalue weighted by Crippen LogP contribution is -2.48. The first kappa shape index (κ1) is 14.7. The van der Waals surface area contributed by atoms with Gasteiger partial charge in [-0.15, -0.1) is 0 Å². The maximum absolute atomic E-state index is 12.6. The Labute approximate surface area is 122 Å². The zero-order valence-corrected chi connectivity index (χ0v) is 11.9. The predicted octanol–water partition coefficient (Wildman–Crippen LogP) is 2.98. The Morgan fingerprint density at radius 2 is 1.85 bits per heavy atom. The largest absolute Gasteiger partial charge is 0.409 e. The van der Waals surface area contributed by atoms with Gasteiger partial charge in [0.1, 0.15) is 5.41 Å². The average molecular weight is 296 g/mol. The zero-order valence-electron chi connectivity index (χ0n) is 11.1. The fourth-order valence-electron chi connectivity index (χ4n) is 2.63. The van der Waals surface area contributed by atoms with Crippen molar-refractivity contribution in [3.63, 3.8) is 0 Å². The minimum absolute atomic E-state index is 0.0105. The van der Waals surface area contributed by atoms with Gasteiger partial charge in [-0.2, -0.15) is 0 Å². The molecule has 0 unspecified atom stereocenters. The van der Waals surface area contributed by atoms with Crippen LogP contribution in [-0.2, 0) is 4.79 Å². The molecule has 5 nitrogen and oxygen atoms in total. The molecule has 1 saturated carbocycles. The number of amides is 1. The molecule has 0 heterocycles. The topological polar surface area (TPSA) is 87.7 Å². The van der Waals surface area contributed by atoms with Crippen molar-refractivity contribution >= 4 is 29.0 Å². The molecule has 0 spiro atoms. The molecule has 6 heteroatoms. The van der Waals surface area contributed by atoms with Crippen molar-refractivity contribution in [1.29, 1.82) is 0 Å². The van der Waals surface area contributed by atoms with Crippen LogP contribution in [0.15, 0.2) is 29.4 Å². The van der Waals surface area contributed by atoms with E-state index in [4.69, 9.17) is 22.5 Å². The number of nitrogens with zero attached hydrogens (tertiary/aromatic N) is 1. The number of hydrogen-bond donors (Lipinski definition) is 3. The van der Waals surface area contributed by atoms with Crippen molar-refractivity contribution in [3.05, 3.63) is 29.3 Å². The third-order valence-electron chi connectivity index (χ3n) is 3.84. The number of oxime groups is 1. The summed E-state index contributed by atoms with van der Waals surface area (Å²) < 4.78 is 0. The molecule has 0 radical (unpaired) electrons. The molecule has 0 atom stereocenters. The highest BCUT2D eigenvalue weighted by Gasteiger charge is 2.43. The summed E-state index contributed by atoms with van der Waals surface area (Å²) in [6, 6.07) is 6.86. The molecular formula is C14H18ClN3O2. The molecular weight excluding hydrogens is 278 g/mol. The fraction of sp³-hybridized carbons (Fsp3) is 0.429. The number of carbonyl (C=O) groups is 1. The second-order valence-corrected chi connectivity index (χ2v) is 5.53. The van der Waals surface area contributed by atoms with E-state index in [-0.39, 0.29) is 11.7 Å². The number of halogens is 1. The summed E-state index contributed by atoms with van der Waals surface area (Å²) in [5.74, 6) is -0.238. The average Bonchev–Trinajstić information content (AvgIpc) is 2.49. The van der Waals surface area contributed by atoms with Crippen molar-refractivity contribution < 1.29 is 10.0 Å². The van der Waals surface area contributed by atoms with Gasteiger partial charge in [-0.3, -0.25) is 4.79 Å². The van der Waals surface area contributed by atoms with Crippen LogP contribution < -0.4 is 11.1 Å². The molecule has 1 amide bonds. The summed E-state index contributed by atoms with van der Waals surface area (Å²) in [4.78, 5) is 12.6. The molecule has 0 bridgehead atoms. The number of rotatable bonds is 3. The quantitative estimate of drug-likeness (QED) is 0.347. The van der Waals surface area contributed by atoms with Gasteiger partial charge < -0.3 is 16.3 Å². The molecule has 20 heavy (non-hydrogen) atoms. The summed E-state index contributed by atoms with van der Waals surface area (Å²) >= 11 is 5.81. The van der Waals surface area contributed by atoms with Crippen molar-refractivity contribution in [2.24, 2.45) is 16.3 Å². The monoisotopic (exact) mass is 295 g/mol. The Hall–Kier alpha value is -1.75. The number of anilines is 1. The van der Waals surface area contributed by atoms with Crippen molar-refractivity contribution in [3.8, 4) is 0 Å². The second-order valence-electron chi connectivity index (χ2n) is 5.09. The lowest BCUT2D eigenvalue weighted by molar-refractivity contribution is -0.123. The molecule has 0 aliphatic heterocycles. The van der Waals surface area contributed by atoms with Gasteiger partial charge in [0, 0.05) is 10.7 Å².